The van der Waals surface area contributed by atoms with Gasteiger partial charge in [0, 0.05) is 12.2 Å². The summed E-state index contributed by atoms with van der Waals surface area (Å²) < 4.78 is 24.8. The van der Waals surface area contributed by atoms with Crippen molar-refractivity contribution in [3.05, 3.63) is 23.8 Å². The first-order valence-corrected chi connectivity index (χ1v) is 7.73. The maximum atomic E-state index is 12.4. The van der Waals surface area contributed by atoms with E-state index in [-0.39, 0.29) is 4.90 Å². The van der Waals surface area contributed by atoms with E-state index in [4.69, 9.17) is 5.73 Å². The Kier molecular flexibility index (Phi) is 4.94. The van der Waals surface area contributed by atoms with E-state index in [0.717, 1.165) is 6.42 Å². The molecule has 0 aliphatic carbocycles. The summed E-state index contributed by atoms with van der Waals surface area (Å²) in [6.45, 7) is 5.45. The van der Waals surface area contributed by atoms with Gasteiger partial charge < -0.3 is 11.1 Å². The van der Waals surface area contributed by atoms with Crippen molar-refractivity contribution in [2.45, 2.75) is 37.3 Å². The third kappa shape index (κ3) is 3.47. The van der Waals surface area contributed by atoms with Gasteiger partial charge in [-0.3, -0.25) is 4.79 Å². The summed E-state index contributed by atoms with van der Waals surface area (Å²) in [5.41, 5.74) is 6.57. The van der Waals surface area contributed by atoms with Crippen LogP contribution in [0.2, 0.25) is 0 Å². The van der Waals surface area contributed by atoms with Crippen LogP contribution in [0.3, 0.4) is 0 Å². The molecule has 1 rings (SSSR count). The van der Waals surface area contributed by atoms with Crippen LogP contribution in [0.15, 0.2) is 23.1 Å². The number of nitrogen functional groups attached to an aromatic ring is 1. The van der Waals surface area contributed by atoms with Crippen LogP contribution in [0, 0.1) is 6.92 Å². The summed E-state index contributed by atoms with van der Waals surface area (Å²) in [5.74, 6) is -0.483. The lowest BCUT2D eigenvalue weighted by Gasteiger charge is -2.15. The molecule has 0 heterocycles. The molecule has 0 bridgehead atoms. The Morgan fingerprint density at radius 3 is 2.63 bits per heavy atom. The van der Waals surface area contributed by atoms with Crippen molar-refractivity contribution in [3.63, 3.8) is 0 Å². The van der Waals surface area contributed by atoms with Gasteiger partial charge in [-0.2, -0.15) is 0 Å². The van der Waals surface area contributed by atoms with Crippen molar-refractivity contribution >= 4 is 21.4 Å². The Labute approximate surface area is 114 Å². The first-order chi connectivity index (χ1) is 8.80. The highest BCUT2D eigenvalue weighted by molar-refractivity contribution is 7.92. The van der Waals surface area contributed by atoms with E-state index < -0.39 is 21.0 Å². The van der Waals surface area contributed by atoms with E-state index in [1.807, 2.05) is 6.92 Å². The molecule has 0 radical (unpaired) electrons. The minimum Gasteiger partial charge on any atom is -0.399 e. The fourth-order valence-corrected chi connectivity index (χ4v) is 3.21. The molecular formula is C13H20N2O3S. The molecule has 1 aromatic carbocycles. The Balaban J connectivity index is 3.09. The minimum absolute atomic E-state index is 0.117. The van der Waals surface area contributed by atoms with Crippen LogP contribution >= 0.6 is 0 Å². The highest BCUT2D eigenvalue weighted by atomic mass is 32.2. The van der Waals surface area contributed by atoms with Gasteiger partial charge in [-0.1, -0.05) is 13.0 Å². The summed E-state index contributed by atoms with van der Waals surface area (Å²) in [7, 11) is -3.71. The monoisotopic (exact) mass is 284 g/mol. The molecule has 1 atom stereocenters. The maximum Gasteiger partial charge on any atom is 0.238 e. The lowest BCUT2D eigenvalue weighted by molar-refractivity contribution is -0.120. The number of nitrogens with one attached hydrogen (secondary N) is 1. The topological polar surface area (TPSA) is 89.3 Å². The summed E-state index contributed by atoms with van der Waals surface area (Å²) >= 11 is 0. The smallest absolute Gasteiger partial charge is 0.238 e. The molecule has 19 heavy (non-hydrogen) atoms. The van der Waals surface area contributed by atoms with Gasteiger partial charge in [0.1, 0.15) is 5.25 Å². The summed E-state index contributed by atoms with van der Waals surface area (Å²) in [5, 5.41) is 1.47. The molecule has 6 heteroatoms. The number of anilines is 1. The number of sulfone groups is 1. The van der Waals surface area contributed by atoms with Gasteiger partial charge in [-0.15, -0.1) is 0 Å². The molecule has 0 aliphatic heterocycles. The fourth-order valence-electron chi connectivity index (χ4n) is 1.65. The van der Waals surface area contributed by atoms with Crippen LogP contribution in [-0.4, -0.2) is 26.1 Å². The van der Waals surface area contributed by atoms with Gasteiger partial charge in [0.25, 0.3) is 0 Å². The largest absolute Gasteiger partial charge is 0.399 e. The van der Waals surface area contributed by atoms with Crippen molar-refractivity contribution in [1.29, 1.82) is 0 Å². The lowest BCUT2D eigenvalue weighted by Crippen LogP contribution is -2.38. The number of aryl methyl sites for hydroxylation is 1. The second kappa shape index (κ2) is 6.06. The Hall–Kier alpha value is -1.56. The highest BCUT2D eigenvalue weighted by Crippen LogP contribution is 2.22. The Morgan fingerprint density at radius 2 is 2.05 bits per heavy atom. The van der Waals surface area contributed by atoms with Crippen molar-refractivity contribution in [2.75, 3.05) is 12.3 Å². The van der Waals surface area contributed by atoms with Crippen LogP contribution in [0.5, 0.6) is 0 Å². The summed E-state index contributed by atoms with van der Waals surface area (Å²) in [6.07, 6.45) is 0.760. The zero-order chi connectivity index (χ0) is 14.6. The van der Waals surface area contributed by atoms with Gasteiger partial charge in [-0.05, 0) is 38.0 Å². The summed E-state index contributed by atoms with van der Waals surface area (Å²) in [4.78, 5) is 11.9. The number of carbonyl (C=O) groups excluding carboxylic acids is 1. The number of rotatable bonds is 5. The van der Waals surface area contributed by atoms with Gasteiger partial charge in [-0.25, -0.2) is 8.42 Å². The van der Waals surface area contributed by atoms with E-state index in [0.29, 0.717) is 17.8 Å². The normalized spacial score (nSPS) is 13.0. The van der Waals surface area contributed by atoms with Crippen LogP contribution in [0.1, 0.15) is 25.8 Å². The van der Waals surface area contributed by atoms with Gasteiger partial charge in [0.2, 0.25) is 5.91 Å². The summed E-state index contributed by atoms with van der Waals surface area (Å²) in [6, 6.07) is 4.67. The van der Waals surface area contributed by atoms with Crippen LogP contribution < -0.4 is 11.1 Å². The Morgan fingerprint density at radius 1 is 1.42 bits per heavy atom. The molecular weight excluding hydrogens is 264 g/mol. The maximum absolute atomic E-state index is 12.4. The number of hydrogen-bond donors (Lipinski definition) is 2. The number of nitrogens with two attached hydrogens (primary N) is 1. The van der Waals surface area contributed by atoms with Gasteiger partial charge in [0.15, 0.2) is 9.84 Å². The van der Waals surface area contributed by atoms with Crippen LogP contribution in [-0.2, 0) is 14.6 Å². The zero-order valence-corrected chi connectivity index (χ0v) is 12.3. The predicted octanol–water partition coefficient (Wildman–Crippen LogP) is 1.27. The average molecular weight is 284 g/mol. The van der Waals surface area contributed by atoms with Gasteiger partial charge in [0.05, 0.1) is 4.90 Å². The van der Waals surface area contributed by atoms with E-state index in [1.54, 1.807) is 19.1 Å². The quantitative estimate of drug-likeness (QED) is 0.797. The average Bonchev–Trinajstić information content (AvgIpc) is 2.37. The molecule has 0 fully saturated rings. The molecule has 0 aliphatic rings. The molecule has 1 amide bonds. The number of benzene rings is 1. The first kappa shape index (κ1) is 15.5. The highest BCUT2D eigenvalue weighted by Gasteiger charge is 2.30. The van der Waals surface area contributed by atoms with Crippen LogP contribution in [0.25, 0.3) is 0 Å². The third-order valence-electron chi connectivity index (χ3n) is 2.90. The lowest BCUT2D eigenvalue weighted by atomic mass is 10.2. The molecule has 1 aromatic rings. The van der Waals surface area contributed by atoms with E-state index >= 15 is 0 Å². The standard InChI is InChI=1S/C13H20N2O3S/c1-4-7-15-13(16)10(3)19(17,18)12-8-11(14)6-5-9(12)2/h5-6,8,10H,4,7,14H2,1-3H3,(H,15,16). The van der Waals surface area contributed by atoms with Crippen molar-refractivity contribution in [2.24, 2.45) is 0 Å². The second-order valence-corrected chi connectivity index (χ2v) is 6.74. The van der Waals surface area contributed by atoms with Crippen LogP contribution in [0.4, 0.5) is 5.69 Å². The number of amides is 1. The molecule has 5 nitrogen and oxygen atoms in total. The fraction of sp³-hybridized carbons (Fsp3) is 0.462. The molecule has 0 spiro atoms. The molecule has 0 saturated heterocycles. The number of carbonyl (C=O) groups is 1. The van der Waals surface area contributed by atoms with E-state index in [9.17, 15) is 13.2 Å². The Bertz CT molecular complexity index is 567. The second-order valence-electron chi connectivity index (χ2n) is 4.50. The molecule has 3 N–H and O–H groups in total. The molecule has 1 unspecified atom stereocenters. The number of hydrogen-bond acceptors (Lipinski definition) is 4. The van der Waals surface area contributed by atoms with E-state index in [2.05, 4.69) is 5.32 Å². The third-order valence-corrected chi connectivity index (χ3v) is 5.10. The van der Waals surface area contributed by atoms with Crippen molar-refractivity contribution in [3.8, 4) is 0 Å². The predicted molar refractivity (Wildman–Crippen MR) is 75.5 cm³/mol. The SMILES string of the molecule is CCCNC(=O)C(C)S(=O)(=O)c1cc(N)ccc1C. The van der Waals surface area contributed by atoms with E-state index in [1.165, 1.54) is 13.0 Å². The molecule has 106 valence electrons. The molecule has 0 aromatic heterocycles. The van der Waals surface area contributed by atoms with Crippen molar-refractivity contribution < 1.29 is 13.2 Å². The zero-order valence-electron chi connectivity index (χ0n) is 11.4. The minimum atomic E-state index is -3.71. The first-order valence-electron chi connectivity index (χ1n) is 6.18. The molecule has 0 saturated carbocycles. The van der Waals surface area contributed by atoms with Crippen molar-refractivity contribution in [1.82, 2.24) is 5.32 Å². The van der Waals surface area contributed by atoms with Gasteiger partial charge >= 0.3 is 0 Å².